The molecular formula is C22H43N2O+. The highest BCUT2D eigenvalue weighted by Crippen LogP contribution is 2.23. The second-order valence-electron chi connectivity index (χ2n) is 7.65. The number of aliphatic hydroxyl groups is 1. The topological polar surface area (TPSA) is 32.6 Å². The van der Waals surface area contributed by atoms with Crippen molar-refractivity contribution in [3.63, 3.8) is 0 Å². The molecule has 1 N–H and O–H groups in total. The number of hydrogen-bond acceptors (Lipinski definition) is 2. The lowest BCUT2D eigenvalue weighted by Gasteiger charge is -2.36. The normalized spacial score (nSPS) is 21.8. The average molecular weight is 352 g/mol. The summed E-state index contributed by atoms with van der Waals surface area (Å²) in [6.45, 7) is 9.04. The van der Waals surface area contributed by atoms with Crippen LogP contribution in [0.5, 0.6) is 0 Å². The van der Waals surface area contributed by atoms with Crippen molar-refractivity contribution < 1.29 is 9.59 Å². The molecule has 0 aromatic rings. The van der Waals surface area contributed by atoms with Gasteiger partial charge in [0.15, 0.2) is 6.23 Å². The number of nitrogens with zero attached hydrogens (tertiary/aromatic N) is 2. The average Bonchev–Trinajstić information content (AvgIpc) is 3.03. The summed E-state index contributed by atoms with van der Waals surface area (Å²) in [6.07, 6.45) is 20.1. The molecule has 3 nitrogen and oxygen atoms in total. The van der Waals surface area contributed by atoms with E-state index in [1.165, 1.54) is 76.5 Å². The van der Waals surface area contributed by atoms with Crippen molar-refractivity contribution >= 4 is 5.84 Å². The van der Waals surface area contributed by atoms with Crippen LogP contribution in [0, 0.1) is 0 Å². The lowest BCUT2D eigenvalue weighted by atomic mass is 10.0. The van der Waals surface area contributed by atoms with E-state index in [1.54, 1.807) is 0 Å². The molecule has 3 heteroatoms. The third kappa shape index (κ3) is 8.04. The first kappa shape index (κ1) is 22.4. The molecule has 0 bridgehead atoms. The Labute approximate surface area is 156 Å². The highest BCUT2D eigenvalue weighted by atomic mass is 16.3. The van der Waals surface area contributed by atoms with Gasteiger partial charge in [0.1, 0.15) is 6.54 Å². The predicted octanol–water partition coefficient (Wildman–Crippen LogP) is 5.83. The Kier molecular flexibility index (Phi) is 12.1. The fourth-order valence-electron chi connectivity index (χ4n) is 4.06. The van der Waals surface area contributed by atoms with Gasteiger partial charge in [0.05, 0.1) is 13.1 Å². The lowest BCUT2D eigenvalue weighted by molar-refractivity contribution is -0.882. The van der Waals surface area contributed by atoms with Crippen molar-refractivity contribution in [2.24, 2.45) is 4.99 Å². The van der Waals surface area contributed by atoms with Crippen molar-refractivity contribution in [2.45, 2.75) is 104 Å². The Morgan fingerprint density at radius 2 is 1.56 bits per heavy atom. The van der Waals surface area contributed by atoms with Gasteiger partial charge in [-0.2, -0.15) is 0 Å². The van der Waals surface area contributed by atoms with Gasteiger partial charge >= 0.3 is 0 Å². The maximum absolute atomic E-state index is 10.2. The number of quaternary nitrogens is 1. The van der Waals surface area contributed by atoms with Crippen LogP contribution < -0.4 is 0 Å². The summed E-state index contributed by atoms with van der Waals surface area (Å²) in [4.78, 5) is 4.70. The minimum absolute atomic E-state index is 0.316. The number of rotatable bonds is 15. The Hall–Kier alpha value is -0.670. The molecule has 1 aliphatic heterocycles. The van der Waals surface area contributed by atoms with Gasteiger partial charge in [-0.1, -0.05) is 63.5 Å². The molecule has 0 aromatic heterocycles. The fourth-order valence-corrected chi connectivity index (χ4v) is 4.06. The van der Waals surface area contributed by atoms with Crippen LogP contribution in [-0.2, 0) is 0 Å². The molecule has 0 aromatic carbocycles. The number of aliphatic hydroxyl groups excluding tert-OH is 1. The van der Waals surface area contributed by atoms with E-state index in [1.807, 2.05) is 6.92 Å². The van der Waals surface area contributed by atoms with E-state index in [0.717, 1.165) is 26.1 Å². The van der Waals surface area contributed by atoms with Gasteiger partial charge in [-0.25, -0.2) is 4.99 Å². The number of likely N-dealkylation sites (N-methyl/N-ethyl adjacent to an activating group) is 1. The third-order valence-electron chi connectivity index (χ3n) is 5.84. The molecular weight excluding hydrogens is 308 g/mol. The van der Waals surface area contributed by atoms with Crippen LogP contribution >= 0.6 is 0 Å². The number of allylic oxidation sites excluding steroid dienone is 2. The SMILES string of the molecule is C/C=C/CCCCCCCCCCCCC1=NCC[N+]1(CC)C(C)O. The van der Waals surface area contributed by atoms with Crippen LogP contribution in [-0.4, -0.2) is 41.3 Å². The fraction of sp³-hybridized carbons (Fsp3) is 0.864. The van der Waals surface area contributed by atoms with Crippen LogP contribution in [0.2, 0.25) is 0 Å². The molecule has 0 spiro atoms. The summed E-state index contributed by atoms with van der Waals surface area (Å²) >= 11 is 0. The summed E-state index contributed by atoms with van der Waals surface area (Å²) in [5, 5.41) is 10.2. The first-order valence-electron chi connectivity index (χ1n) is 10.9. The summed E-state index contributed by atoms with van der Waals surface area (Å²) in [7, 11) is 0. The largest absolute Gasteiger partial charge is 0.345 e. The highest BCUT2D eigenvalue weighted by molar-refractivity contribution is 5.76. The van der Waals surface area contributed by atoms with Crippen LogP contribution in [0.25, 0.3) is 0 Å². The van der Waals surface area contributed by atoms with Crippen molar-refractivity contribution in [1.82, 2.24) is 0 Å². The van der Waals surface area contributed by atoms with E-state index in [2.05, 4.69) is 26.0 Å². The zero-order valence-electron chi connectivity index (χ0n) is 17.2. The monoisotopic (exact) mass is 351 g/mol. The second-order valence-corrected chi connectivity index (χ2v) is 7.65. The molecule has 0 saturated carbocycles. The zero-order valence-corrected chi connectivity index (χ0v) is 17.2. The molecule has 25 heavy (non-hydrogen) atoms. The van der Waals surface area contributed by atoms with E-state index >= 15 is 0 Å². The summed E-state index contributed by atoms with van der Waals surface area (Å²) in [5.41, 5.74) is 0. The highest BCUT2D eigenvalue weighted by Gasteiger charge is 2.40. The summed E-state index contributed by atoms with van der Waals surface area (Å²) < 4.78 is 0.716. The minimum atomic E-state index is -0.316. The van der Waals surface area contributed by atoms with Gasteiger partial charge in [-0.05, 0) is 33.1 Å². The van der Waals surface area contributed by atoms with Crippen molar-refractivity contribution in [1.29, 1.82) is 0 Å². The molecule has 0 fully saturated rings. The third-order valence-corrected chi connectivity index (χ3v) is 5.84. The summed E-state index contributed by atoms with van der Waals surface area (Å²) in [6, 6.07) is 0. The van der Waals surface area contributed by atoms with Crippen molar-refractivity contribution in [3.05, 3.63) is 12.2 Å². The zero-order chi connectivity index (χ0) is 18.4. The molecule has 2 unspecified atom stereocenters. The molecule has 0 radical (unpaired) electrons. The van der Waals surface area contributed by atoms with Gasteiger partial charge in [0.2, 0.25) is 5.84 Å². The van der Waals surface area contributed by atoms with E-state index in [-0.39, 0.29) is 6.23 Å². The molecule has 2 atom stereocenters. The Bertz CT molecular complexity index is 389. The lowest BCUT2D eigenvalue weighted by Crippen LogP contribution is -2.56. The van der Waals surface area contributed by atoms with Gasteiger partial charge in [-0.3, -0.25) is 4.48 Å². The second kappa shape index (κ2) is 13.5. The standard InChI is InChI=1S/C22H43N2O/c1-4-6-7-8-9-10-11-12-13-14-15-16-17-18-22-23-19-20-24(22,5-2)21(3)25/h4,6,21,25H,5,7-20H2,1-3H3/q+1/b6-4+. The molecule has 0 saturated heterocycles. The Balaban J connectivity index is 1.97. The molecule has 1 rings (SSSR count). The Morgan fingerprint density at radius 3 is 2.08 bits per heavy atom. The Morgan fingerprint density at radius 1 is 1.00 bits per heavy atom. The summed E-state index contributed by atoms with van der Waals surface area (Å²) in [5.74, 6) is 1.25. The van der Waals surface area contributed by atoms with Crippen LogP contribution in [0.3, 0.4) is 0 Å². The smallest absolute Gasteiger partial charge is 0.200 e. The van der Waals surface area contributed by atoms with Gasteiger partial charge in [0.25, 0.3) is 0 Å². The minimum Gasteiger partial charge on any atom is -0.345 e. The number of unbranched alkanes of at least 4 members (excludes halogenated alkanes) is 10. The molecule has 0 amide bonds. The van der Waals surface area contributed by atoms with E-state index < -0.39 is 0 Å². The number of hydrogen-bond donors (Lipinski definition) is 1. The van der Waals surface area contributed by atoms with Gasteiger partial charge in [-0.15, -0.1) is 0 Å². The van der Waals surface area contributed by atoms with Gasteiger partial charge < -0.3 is 5.11 Å². The quantitative estimate of drug-likeness (QED) is 0.225. The number of aliphatic imine (C=N–C) groups is 1. The molecule has 1 heterocycles. The predicted molar refractivity (Wildman–Crippen MR) is 110 cm³/mol. The van der Waals surface area contributed by atoms with Crippen LogP contribution in [0.4, 0.5) is 0 Å². The van der Waals surface area contributed by atoms with Crippen molar-refractivity contribution in [2.75, 3.05) is 19.6 Å². The number of amidine groups is 1. The van der Waals surface area contributed by atoms with Crippen molar-refractivity contribution in [3.8, 4) is 0 Å². The van der Waals surface area contributed by atoms with E-state index in [4.69, 9.17) is 4.99 Å². The van der Waals surface area contributed by atoms with E-state index in [9.17, 15) is 5.11 Å². The van der Waals surface area contributed by atoms with Crippen LogP contribution in [0.15, 0.2) is 17.1 Å². The maximum atomic E-state index is 10.2. The van der Waals surface area contributed by atoms with Crippen LogP contribution in [0.1, 0.15) is 97.8 Å². The maximum Gasteiger partial charge on any atom is 0.200 e. The molecule has 1 aliphatic rings. The molecule has 0 aliphatic carbocycles. The first-order chi connectivity index (χ1) is 12.2. The first-order valence-corrected chi connectivity index (χ1v) is 10.9. The molecule has 146 valence electrons. The van der Waals surface area contributed by atoms with E-state index in [0.29, 0.717) is 4.48 Å². The van der Waals surface area contributed by atoms with Gasteiger partial charge in [0, 0.05) is 13.3 Å².